The van der Waals surface area contributed by atoms with E-state index in [-0.39, 0.29) is 0 Å². The number of halogens is 1. The number of rotatable bonds is 4. The molecule has 1 atom stereocenters. The Morgan fingerprint density at radius 3 is 2.15 bits per heavy atom. The predicted molar refractivity (Wildman–Crippen MR) is 59.4 cm³/mol. The van der Waals surface area contributed by atoms with Crippen LogP contribution in [0.25, 0.3) is 0 Å². The van der Waals surface area contributed by atoms with E-state index in [0.717, 1.165) is 18.7 Å². The molecule has 0 saturated carbocycles. The molecule has 0 aliphatic rings. The Hall–Kier alpha value is -0.490. The fourth-order valence-electron chi connectivity index (χ4n) is 1.37. The third-order valence-corrected chi connectivity index (χ3v) is 2.81. The molecule has 0 radical (unpaired) electrons. The van der Waals surface area contributed by atoms with Crippen LogP contribution in [0.5, 0.6) is 0 Å². The Bertz CT molecular complexity index is 238. The van der Waals surface area contributed by atoms with Crippen molar-refractivity contribution in [1.29, 1.82) is 0 Å². The Kier molecular flexibility index (Phi) is 4.31. The first kappa shape index (κ1) is 10.6. The molecule has 0 saturated heterocycles. The van der Waals surface area contributed by atoms with Crippen LogP contribution in [-0.4, -0.2) is 5.88 Å². The van der Waals surface area contributed by atoms with Crippen LogP contribution in [0.3, 0.4) is 0 Å². The van der Waals surface area contributed by atoms with Gasteiger partial charge in [0, 0.05) is 5.88 Å². The summed E-state index contributed by atoms with van der Waals surface area (Å²) in [5.41, 5.74) is 2.80. The summed E-state index contributed by atoms with van der Waals surface area (Å²) in [4.78, 5) is 0. The molecule has 0 spiro atoms. The van der Waals surface area contributed by atoms with Crippen molar-refractivity contribution in [1.82, 2.24) is 0 Å². The first-order chi connectivity index (χ1) is 6.26. The summed E-state index contributed by atoms with van der Waals surface area (Å²) < 4.78 is 0. The number of hydrogen-bond acceptors (Lipinski definition) is 0. The summed E-state index contributed by atoms with van der Waals surface area (Å²) in [7, 11) is 0. The van der Waals surface area contributed by atoms with Crippen molar-refractivity contribution in [2.24, 2.45) is 5.92 Å². The van der Waals surface area contributed by atoms with Crippen LogP contribution in [0.15, 0.2) is 24.3 Å². The van der Waals surface area contributed by atoms with E-state index in [1.807, 2.05) is 0 Å². The predicted octanol–water partition coefficient (Wildman–Crippen LogP) is 3.67. The van der Waals surface area contributed by atoms with Crippen LogP contribution in [0.1, 0.15) is 25.0 Å². The highest BCUT2D eigenvalue weighted by Gasteiger charge is 2.01. The summed E-state index contributed by atoms with van der Waals surface area (Å²) in [5.74, 6) is 1.32. The van der Waals surface area contributed by atoms with E-state index in [9.17, 15) is 0 Å². The average molecular weight is 197 g/mol. The average Bonchev–Trinajstić information content (AvgIpc) is 2.19. The lowest BCUT2D eigenvalue weighted by atomic mass is 10.0. The lowest BCUT2D eigenvalue weighted by molar-refractivity contribution is 0.654. The molecule has 1 aromatic carbocycles. The third kappa shape index (κ3) is 3.40. The topological polar surface area (TPSA) is 0 Å². The van der Waals surface area contributed by atoms with E-state index in [1.54, 1.807) is 0 Å². The smallest absolute Gasteiger partial charge is 0.0252 e. The molecule has 0 aliphatic carbocycles. The normalized spacial score (nSPS) is 12.8. The first-order valence-corrected chi connectivity index (χ1v) is 5.43. The Morgan fingerprint density at radius 2 is 1.69 bits per heavy atom. The van der Waals surface area contributed by atoms with Gasteiger partial charge in [0.1, 0.15) is 0 Å². The molecule has 0 nitrogen and oxygen atoms in total. The molecular formula is C12H17Cl. The van der Waals surface area contributed by atoms with Gasteiger partial charge in [-0.3, -0.25) is 0 Å². The molecule has 0 heterocycles. The highest BCUT2D eigenvalue weighted by atomic mass is 35.5. The van der Waals surface area contributed by atoms with Crippen molar-refractivity contribution in [3.63, 3.8) is 0 Å². The maximum absolute atomic E-state index is 5.76. The SMILES string of the molecule is CCc1ccc(CC(C)CCl)cc1. The van der Waals surface area contributed by atoms with E-state index in [0.29, 0.717) is 5.92 Å². The van der Waals surface area contributed by atoms with Gasteiger partial charge in [-0.25, -0.2) is 0 Å². The minimum atomic E-state index is 0.578. The number of aryl methyl sites for hydroxylation is 1. The maximum Gasteiger partial charge on any atom is 0.0252 e. The Labute approximate surface area is 85.9 Å². The van der Waals surface area contributed by atoms with Gasteiger partial charge in [0.05, 0.1) is 0 Å². The minimum absolute atomic E-state index is 0.578. The van der Waals surface area contributed by atoms with E-state index in [1.165, 1.54) is 11.1 Å². The second-order valence-corrected chi connectivity index (χ2v) is 3.94. The molecule has 1 rings (SSSR count). The molecule has 13 heavy (non-hydrogen) atoms. The van der Waals surface area contributed by atoms with E-state index >= 15 is 0 Å². The van der Waals surface area contributed by atoms with Crippen LogP contribution in [0.4, 0.5) is 0 Å². The van der Waals surface area contributed by atoms with Crippen molar-refractivity contribution in [2.45, 2.75) is 26.7 Å². The number of alkyl halides is 1. The van der Waals surface area contributed by atoms with Gasteiger partial charge in [0.2, 0.25) is 0 Å². The summed E-state index contributed by atoms with van der Waals surface area (Å²) >= 11 is 5.76. The molecule has 0 aromatic heterocycles. The quantitative estimate of drug-likeness (QED) is 0.645. The van der Waals surface area contributed by atoms with Crippen molar-refractivity contribution < 1.29 is 0 Å². The van der Waals surface area contributed by atoms with Gasteiger partial charge in [-0.2, -0.15) is 0 Å². The molecule has 72 valence electrons. The molecule has 0 bridgehead atoms. The van der Waals surface area contributed by atoms with Gasteiger partial charge in [0.15, 0.2) is 0 Å². The molecular weight excluding hydrogens is 180 g/mol. The Balaban J connectivity index is 2.58. The van der Waals surface area contributed by atoms with Crippen molar-refractivity contribution in [2.75, 3.05) is 5.88 Å². The maximum atomic E-state index is 5.76. The first-order valence-electron chi connectivity index (χ1n) is 4.90. The summed E-state index contributed by atoms with van der Waals surface area (Å²) in [6, 6.07) is 8.83. The van der Waals surface area contributed by atoms with E-state index in [2.05, 4.69) is 38.1 Å². The summed E-state index contributed by atoms with van der Waals surface area (Å²) in [5, 5.41) is 0. The van der Waals surface area contributed by atoms with Gasteiger partial charge in [0.25, 0.3) is 0 Å². The molecule has 0 N–H and O–H groups in total. The van der Waals surface area contributed by atoms with E-state index in [4.69, 9.17) is 11.6 Å². The van der Waals surface area contributed by atoms with Crippen molar-refractivity contribution in [3.8, 4) is 0 Å². The molecule has 1 heteroatoms. The fraction of sp³-hybridized carbons (Fsp3) is 0.500. The van der Waals surface area contributed by atoms with Gasteiger partial charge in [-0.15, -0.1) is 11.6 Å². The summed E-state index contributed by atoms with van der Waals surface area (Å²) in [6.07, 6.45) is 2.21. The number of benzene rings is 1. The second-order valence-electron chi connectivity index (χ2n) is 3.63. The monoisotopic (exact) mass is 196 g/mol. The number of hydrogen-bond donors (Lipinski definition) is 0. The lowest BCUT2D eigenvalue weighted by Gasteiger charge is -2.07. The van der Waals surface area contributed by atoms with Gasteiger partial charge in [-0.1, -0.05) is 38.1 Å². The van der Waals surface area contributed by atoms with Crippen LogP contribution in [0.2, 0.25) is 0 Å². The van der Waals surface area contributed by atoms with Crippen LogP contribution >= 0.6 is 11.6 Å². The zero-order valence-electron chi connectivity index (χ0n) is 8.39. The molecule has 0 aliphatic heterocycles. The fourth-order valence-corrected chi connectivity index (χ4v) is 1.48. The third-order valence-electron chi connectivity index (χ3n) is 2.28. The molecule has 0 fully saturated rings. The lowest BCUT2D eigenvalue weighted by Crippen LogP contribution is -2.00. The largest absolute Gasteiger partial charge is 0.126 e. The van der Waals surface area contributed by atoms with Crippen molar-refractivity contribution >= 4 is 11.6 Å². The zero-order chi connectivity index (χ0) is 9.68. The van der Waals surface area contributed by atoms with Crippen LogP contribution < -0.4 is 0 Å². The van der Waals surface area contributed by atoms with Crippen molar-refractivity contribution in [3.05, 3.63) is 35.4 Å². The van der Waals surface area contributed by atoms with E-state index < -0.39 is 0 Å². The van der Waals surface area contributed by atoms with Gasteiger partial charge < -0.3 is 0 Å². The molecule has 1 unspecified atom stereocenters. The second kappa shape index (κ2) is 5.29. The van der Waals surface area contributed by atoms with Crippen LogP contribution in [0, 0.1) is 5.92 Å². The molecule has 0 amide bonds. The van der Waals surface area contributed by atoms with Gasteiger partial charge >= 0.3 is 0 Å². The van der Waals surface area contributed by atoms with Gasteiger partial charge in [-0.05, 0) is 29.9 Å². The minimum Gasteiger partial charge on any atom is -0.126 e. The standard InChI is InChI=1S/C12H17Cl/c1-3-11-4-6-12(7-5-11)8-10(2)9-13/h4-7,10H,3,8-9H2,1-2H3. The summed E-state index contributed by atoms with van der Waals surface area (Å²) in [6.45, 7) is 4.36. The highest BCUT2D eigenvalue weighted by molar-refractivity contribution is 6.18. The highest BCUT2D eigenvalue weighted by Crippen LogP contribution is 2.11. The van der Waals surface area contributed by atoms with Crippen LogP contribution in [-0.2, 0) is 12.8 Å². The zero-order valence-corrected chi connectivity index (χ0v) is 9.14. The Morgan fingerprint density at radius 1 is 1.15 bits per heavy atom. The molecule has 1 aromatic rings.